The molecule has 11 heavy (non-hydrogen) atoms. The summed E-state index contributed by atoms with van der Waals surface area (Å²) in [7, 11) is 2.00. The predicted octanol–water partition coefficient (Wildman–Crippen LogP) is -0.106. The zero-order valence-electron chi connectivity index (χ0n) is 7.75. The molecule has 0 aliphatic heterocycles. The summed E-state index contributed by atoms with van der Waals surface area (Å²) in [6, 6.07) is 0. The van der Waals surface area contributed by atoms with Crippen LogP contribution in [0.4, 0.5) is 0 Å². The second-order valence-electron chi connectivity index (χ2n) is 3.41. The molecule has 0 saturated heterocycles. The Balaban J connectivity index is 3.43. The lowest BCUT2D eigenvalue weighted by atomic mass is 10.2. The van der Waals surface area contributed by atoms with Crippen LogP contribution in [0.15, 0.2) is 0 Å². The molecule has 68 valence electrons. The average molecular weight is 160 g/mol. The molecule has 0 radical (unpaired) electrons. The summed E-state index contributed by atoms with van der Waals surface area (Å²) >= 11 is 0. The molecule has 3 N–H and O–H groups in total. The number of likely N-dealkylation sites (N-methyl/N-ethyl adjacent to an activating group) is 1. The van der Waals surface area contributed by atoms with Crippen molar-refractivity contribution >= 4 is 0 Å². The van der Waals surface area contributed by atoms with Crippen molar-refractivity contribution in [2.75, 3.05) is 26.7 Å². The molecule has 2 unspecified atom stereocenters. The molecule has 0 aliphatic rings. The second kappa shape index (κ2) is 5.52. The van der Waals surface area contributed by atoms with Gasteiger partial charge in [-0.3, -0.25) is 0 Å². The van der Waals surface area contributed by atoms with Crippen LogP contribution in [-0.4, -0.2) is 42.8 Å². The zero-order chi connectivity index (χ0) is 8.85. The largest absolute Gasteiger partial charge is 0.392 e. The highest BCUT2D eigenvalue weighted by Gasteiger charge is 2.06. The van der Waals surface area contributed by atoms with Crippen molar-refractivity contribution in [1.29, 1.82) is 0 Å². The van der Waals surface area contributed by atoms with Crippen molar-refractivity contribution in [1.82, 2.24) is 4.90 Å². The van der Waals surface area contributed by atoms with Crippen LogP contribution in [0.5, 0.6) is 0 Å². The van der Waals surface area contributed by atoms with Crippen molar-refractivity contribution in [3.8, 4) is 0 Å². The van der Waals surface area contributed by atoms with Gasteiger partial charge in [-0.25, -0.2) is 0 Å². The number of rotatable bonds is 5. The third-order valence-electron chi connectivity index (χ3n) is 1.60. The molecule has 3 heteroatoms. The fourth-order valence-corrected chi connectivity index (χ4v) is 1.13. The van der Waals surface area contributed by atoms with Gasteiger partial charge in [0, 0.05) is 13.1 Å². The standard InChI is InChI=1S/C8H20N2O/c1-7(4-9)5-10(3)6-8(2)11/h7-8,11H,4-6,9H2,1-3H3. The Bertz CT molecular complexity index is 96.1. The molecule has 0 rings (SSSR count). The first-order chi connectivity index (χ1) is 5.06. The van der Waals surface area contributed by atoms with Crippen molar-refractivity contribution < 1.29 is 5.11 Å². The van der Waals surface area contributed by atoms with Gasteiger partial charge in [-0.15, -0.1) is 0 Å². The van der Waals surface area contributed by atoms with Gasteiger partial charge >= 0.3 is 0 Å². The van der Waals surface area contributed by atoms with E-state index in [0.717, 1.165) is 13.1 Å². The minimum Gasteiger partial charge on any atom is -0.392 e. The van der Waals surface area contributed by atoms with E-state index in [2.05, 4.69) is 11.8 Å². The van der Waals surface area contributed by atoms with Gasteiger partial charge in [0.05, 0.1) is 6.10 Å². The minimum atomic E-state index is -0.245. The van der Waals surface area contributed by atoms with Gasteiger partial charge in [0.1, 0.15) is 0 Å². The fraction of sp³-hybridized carbons (Fsp3) is 1.00. The number of nitrogens with two attached hydrogens (primary N) is 1. The monoisotopic (exact) mass is 160 g/mol. The Labute approximate surface area is 69.2 Å². The number of hydrogen-bond acceptors (Lipinski definition) is 3. The molecular formula is C8H20N2O. The van der Waals surface area contributed by atoms with E-state index in [1.165, 1.54) is 0 Å². The van der Waals surface area contributed by atoms with Crippen LogP contribution in [0.2, 0.25) is 0 Å². The molecule has 0 heterocycles. The van der Waals surface area contributed by atoms with Gasteiger partial charge < -0.3 is 15.7 Å². The summed E-state index contributed by atoms with van der Waals surface area (Å²) in [5.74, 6) is 0.513. The third-order valence-corrected chi connectivity index (χ3v) is 1.60. The second-order valence-corrected chi connectivity index (χ2v) is 3.41. The summed E-state index contributed by atoms with van der Waals surface area (Å²) in [5, 5.41) is 9.04. The van der Waals surface area contributed by atoms with Gasteiger partial charge in [0.2, 0.25) is 0 Å². The highest BCUT2D eigenvalue weighted by Crippen LogP contribution is 1.96. The Morgan fingerprint density at radius 3 is 2.27 bits per heavy atom. The van der Waals surface area contributed by atoms with Crippen LogP contribution >= 0.6 is 0 Å². The predicted molar refractivity (Wildman–Crippen MR) is 47.4 cm³/mol. The Morgan fingerprint density at radius 2 is 1.91 bits per heavy atom. The zero-order valence-corrected chi connectivity index (χ0v) is 7.75. The topological polar surface area (TPSA) is 49.5 Å². The van der Waals surface area contributed by atoms with Crippen LogP contribution in [0.1, 0.15) is 13.8 Å². The molecule has 0 aromatic rings. The van der Waals surface area contributed by atoms with Gasteiger partial charge in [-0.05, 0) is 26.4 Å². The highest BCUT2D eigenvalue weighted by atomic mass is 16.3. The van der Waals surface area contributed by atoms with Crippen LogP contribution in [0.25, 0.3) is 0 Å². The number of hydrogen-bond donors (Lipinski definition) is 2. The summed E-state index contributed by atoms with van der Waals surface area (Å²) in [5.41, 5.74) is 5.46. The first kappa shape index (κ1) is 10.9. The van der Waals surface area contributed by atoms with E-state index >= 15 is 0 Å². The first-order valence-electron chi connectivity index (χ1n) is 4.13. The molecule has 0 bridgehead atoms. The van der Waals surface area contributed by atoms with E-state index in [4.69, 9.17) is 10.8 Å². The maximum Gasteiger partial charge on any atom is 0.0638 e. The molecule has 2 atom stereocenters. The fourth-order valence-electron chi connectivity index (χ4n) is 1.13. The van der Waals surface area contributed by atoms with E-state index < -0.39 is 0 Å². The van der Waals surface area contributed by atoms with E-state index in [-0.39, 0.29) is 6.10 Å². The lowest BCUT2D eigenvalue weighted by Crippen LogP contribution is -2.33. The summed E-state index contributed by atoms with van der Waals surface area (Å²) in [6.45, 7) is 6.30. The van der Waals surface area contributed by atoms with E-state index in [0.29, 0.717) is 12.5 Å². The van der Waals surface area contributed by atoms with Crippen molar-refractivity contribution in [2.45, 2.75) is 20.0 Å². The third kappa shape index (κ3) is 6.28. The molecule has 0 aliphatic carbocycles. The van der Waals surface area contributed by atoms with Gasteiger partial charge in [-0.2, -0.15) is 0 Å². The smallest absolute Gasteiger partial charge is 0.0638 e. The van der Waals surface area contributed by atoms with Crippen LogP contribution < -0.4 is 5.73 Å². The molecule has 0 amide bonds. The number of aliphatic hydroxyl groups excluding tert-OH is 1. The highest BCUT2D eigenvalue weighted by molar-refractivity contribution is 4.61. The molecular weight excluding hydrogens is 140 g/mol. The lowest BCUT2D eigenvalue weighted by molar-refractivity contribution is 0.134. The van der Waals surface area contributed by atoms with E-state index in [1.807, 2.05) is 7.05 Å². The lowest BCUT2D eigenvalue weighted by Gasteiger charge is -2.21. The number of nitrogens with zero attached hydrogens (tertiary/aromatic N) is 1. The molecule has 0 fully saturated rings. The van der Waals surface area contributed by atoms with Crippen molar-refractivity contribution in [3.05, 3.63) is 0 Å². The minimum absolute atomic E-state index is 0.245. The summed E-state index contributed by atoms with van der Waals surface area (Å²) < 4.78 is 0. The Hall–Kier alpha value is -0.120. The molecule has 0 saturated carbocycles. The van der Waals surface area contributed by atoms with Crippen LogP contribution in [0, 0.1) is 5.92 Å². The molecule has 0 spiro atoms. The average Bonchev–Trinajstić information content (AvgIpc) is 1.85. The van der Waals surface area contributed by atoms with Crippen molar-refractivity contribution in [3.63, 3.8) is 0 Å². The Morgan fingerprint density at radius 1 is 1.36 bits per heavy atom. The van der Waals surface area contributed by atoms with E-state index in [9.17, 15) is 0 Å². The van der Waals surface area contributed by atoms with Gasteiger partial charge in [0.25, 0.3) is 0 Å². The van der Waals surface area contributed by atoms with Crippen LogP contribution in [0.3, 0.4) is 0 Å². The SMILES string of the molecule is CC(O)CN(C)CC(C)CN. The number of aliphatic hydroxyl groups is 1. The maximum absolute atomic E-state index is 9.04. The van der Waals surface area contributed by atoms with E-state index in [1.54, 1.807) is 6.92 Å². The maximum atomic E-state index is 9.04. The molecule has 3 nitrogen and oxygen atoms in total. The normalized spacial score (nSPS) is 16.9. The van der Waals surface area contributed by atoms with Gasteiger partial charge in [-0.1, -0.05) is 6.92 Å². The quantitative estimate of drug-likeness (QED) is 0.590. The first-order valence-corrected chi connectivity index (χ1v) is 4.13. The van der Waals surface area contributed by atoms with Gasteiger partial charge in [0.15, 0.2) is 0 Å². The molecule has 0 aromatic carbocycles. The molecule has 0 aromatic heterocycles. The Kier molecular flexibility index (Phi) is 5.46. The van der Waals surface area contributed by atoms with Crippen molar-refractivity contribution in [2.24, 2.45) is 11.7 Å². The summed E-state index contributed by atoms with van der Waals surface area (Å²) in [4.78, 5) is 2.10. The van der Waals surface area contributed by atoms with Crippen LogP contribution in [-0.2, 0) is 0 Å². The summed E-state index contributed by atoms with van der Waals surface area (Å²) in [6.07, 6.45) is -0.245.